The summed E-state index contributed by atoms with van der Waals surface area (Å²) in [5.41, 5.74) is 3.68. The second kappa shape index (κ2) is 11.0. The van der Waals surface area contributed by atoms with E-state index in [1.807, 2.05) is 32.0 Å². The van der Waals surface area contributed by atoms with Gasteiger partial charge in [-0.05, 0) is 61.4 Å². The molecule has 0 aliphatic heterocycles. The Balaban J connectivity index is 1.61. The minimum atomic E-state index is -0.228. The van der Waals surface area contributed by atoms with Crippen LogP contribution in [-0.4, -0.2) is 32.3 Å². The van der Waals surface area contributed by atoms with Gasteiger partial charge in [0.1, 0.15) is 5.82 Å². The fourth-order valence-corrected chi connectivity index (χ4v) is 3.79. The lowest BCUT2D eigenvalue weighted by molar-refractivity contribution is -0.116. The topological polar surface area (TPSA) is 88.9 Å². The van der Waals surface area contributed by atoms with Crippen molar-refractivity contribution in [1.29, 1.82) is 0 Å². The number of aromatic nitrogens is 3. The molecule has 2 aromatic carbocycles. The molecular weight excluding hydrogens is 446 g/mol. The molecule has 0 spiro atoms. The Morgan fingerprint density at radius 3 is 2.41 bits per heavy atom. The fraction of sp³-hybridized carbons (Fsp3) is 0.217. The SMILES string of the molecule is C=CCn1c(CC(=O)Nc2ccc(Cl)cc2)nnc1SCC(=O)Nc1ccc(C)c(C)c1. The van der Waals surface area contributed by atoms with E-state index in [0.29, 0.717) is 28.2 Å². The van der Waals surface area contributed by atoms with Crippen LogP contribution in [0, 0.1) is 13.8 Å². The number of benzene rings is 2. The minimum Gasteiger partial charge on any atom is -0.326 e. The molecule has 0 saturated carbocycles. The minimum absolute atomic E-state index is 0.0405. The molecule has 0 fully saturated rings. The molecule has 0 aliphatic rings. The molecule has 0 aliphatic carbocycles. The van der Waals surface area contributed by atoms with E-state index in [1.54, 1.807) is 34.9 Å². The largest absolute Gasteiger partial charge is 0.326 e. The van der Waals surface area contributed by atoms with Gasteiger partial charge in [0.15, 0.2) is 5.16 Å². The van der Waals surface area contributed by atoms with E-state index in [0.717, 1.165) is 11.3 Å². The van der Waals surface area contributed by atoms with Gasteiger partial charge in [-0.15, -0.1) is 16.8 Å². The summed E-state index contributed by atoms with van der Waals surface area (Å²) in [4.78, 5) is 24.8. The van der Waals surface area contributed by atoms with Gasteiger partial charge in [0.05, 0.1) is 12.2 Å². The molecule has 9 heteroatoms. The highest BCUT2D eigenvalue weighted by Gasteiger charge is 2.16. The molecule has 2 N–H and O–H groups in total. The lowest BCUT2D eigenvalue weighted by Gasteiger charge is -2.09. The van der Waals surface area contributed by atoms with Crippen molar-refractivity contribution < 1.29 is 9.59 Å². The number of halogens is 1. The summed E-state index contributed by atoms with van der Waals surface area (Å²) in [5, 5.41) is 15.1. The average Bonchev–Trinajstić information content (AvgIpc) is 3.12. The highest BCUT2D eigenvalue weighted by molar-refractivity contribution is 7.99. The maximum absolute atomic E-state index is 12.4. The Hall–Kier alpha value is -3.10. The van der Waals surface area contributed by atoms with Crippen LogP contribution >= 0.6 is 23.4 Å². The van der Waals surface area contributed by atoms with Crippen molar-refractivity contribution in [2.24, 2.45) is 0 Å². The molecule has 0 radical (unpaired) electrons. The first-order chi connectivity index (χ1) is 15.4. The van der Waals surface area contributed by atoms with Crippen LogP contribution in [0.25, 0.3) is 0 Å². The summed E-state index contributed by atoms with van der Waals surface area (Å²) in [5.74, 6) is 0.287. The first-order valence-electron chi connectivity index (χ1n) is 9.94. The predicted molar refractivity (Wildman–Crippen MR) is 129 cm³/mol. The third-order valence-electron chi connectivity index (χ3n) is 4.67. The smallest absolute Gasteiger partial charge is 0.234 e. The fourth-order valence-electron chi connectivity index (χ4n) is 2.90. The number of anilines is 2. The van der Waals surface area contributed by atoms with Crippen LogP contribution in [-0.2, 0) is 22.6 Å². The number of hydrogen-bond donors (Lipinski definition) is 2. The van der Waals surface area contributed by atoms with Gasteiger partial charge in [0.2, 0.25) is 11.8 Å². The van der Waals surface area contributed by atoms with E-state index in [4.69, 9.17) is 11.6 Å². The Morgan fingerprint density at radius 1 is 1.03 bits per heavy atom. The Morgan fingerprint density at radius 2 is 1.72 bits per heavy atom. The summed E-state index contributed by atoms with van der Waals surface area (Å²) >= 11 is 7.13. The molecule has 0 bridgehead atoms. The molecule has 3 aromatic rings. The van der Waals surface area contributed by atoms with Crippen molar-refractivity contribution in [1.82, 2.24) is 14.8 Å². The Kier molecular flexibility index (Phi) is 8.08. The maximum Gasteiger partial charge on any atom is 0.234 e. The number of hydrogen-bond acceptors (Lipinski definition) is 5. The molecule has 166 valence electrons. The monoisotopic (exact) mass is 469 g/mol. The molecule has 0 atom stereocenters. The molecule has 0 saturated heterocycles. The summed E-state index contributed by atoms with van der Waals surface area (Å²) in [6, 6.07) is 12.6. The van der Waals surface area contributed by atoms with Crippen molar-refractivity contribution >= 4 is 46.6 Å². The van der Waals surface area contributed by atoms with Gasteiger partial charge in [-0.25, -0.2) is 0 Å². The van der Waals surface area contributed by atoms with E-state index in [2.05, 4.69) is 27.4 Å². The van der Waals surface area contributed by atoms with Gasteiger partial charge >= 0.3 is 0 Å². The van der Waals surface area contributed by atoms with Crippen LogP contribution in [0.3, 0.4) is 0 Å². The molecule has 0 unspecified atom stereocenters. The highest BCUT2D eigenvalue weighted by atomic mass is 35.5. The molecule has 7 nitrogen and oxygen atoms in total. The van der Waals surface area contributed by atoms with Gasteiger partial charge in [0, 0.05) is 22.9 Å². The molecule has 2 amide bonds. The second-order valence-electron chi connectivity index (χ2n) is 7.17. The van der Waals surface area contributed by atoms with Crippen LogP contribution in [0.15, 0.2) is 60.3 Å². The van der Waals surface area contributed by atoms with E-state index < -0.39 is 0 Å². The molecule has 3 rings (SSSR count). The molecule has 1 heterocycles. The van der Waals surface area contributed by atoms with E-state index in [9.17, 15) is 9.59 Å². The van der Waals surface area contributed by atoms with E-state index in [-0.39, 0.29) is 24.0 Å². The van der Waals surface area contributed by atoms with Gasteiger partial charge in [-0.1, -0.05) is 35.5 Å². The molecular formula is C23H24ClN5O2S. The number of aryl methyl sites for hydroxylation is 2. The summed E-state index contributed by atoms with van der Waals surface area (Å²) in [7, 11) is 0. The normalized spacial score (nSPS) is 10.6. The Labute approximate surface area is 196 Å². The quantitative estimate of drug-likeness (QED) is 0.352. The first-order valence-corrected chi connectivity index (χ1v) is 11.3. The van der Waals surface area contributed by atoms with Gasteiger partial charge in [-0.2, -0.15) is 0 Å². The number of carbonyl (C=O) groups is 2. The van der Waals surface area contributed by atoms with Crippen molar-refractivity contribution in [2.75, 3.05) is 16.4 Å². The third kappa shape index (κ3) is 6.45. The number of allylic oxidation sites excluding steroid dienone is 1. The Bertz CT molecular complexity index is 1130. The second-order valence-corrected chi connectivity index (χ2v) is 8.54. The van der Waals surface area contributed by atoms with Gasteiger partial charge < -0.3 is 15.2 Å². The zero-order chi connectivity index (χ0) is 23.1. The van der Waals surface area contributed by atoms with Crippen molar-refractivity contribution in [3.05, 3.63) is 77.1 Å². The average molecular weight is 470 g/mol. The first kappa shape index (κ1) is 23.6. The number of nitrogens with one attached hydrogen (secondary N) is 2. The van der Waals surface area contributed by atoms with E-state index >= 15 is 0 Å². The lowest BCUT2D eigenvalue weighted by atomic mass is 10.1. The van der Waals surface area contributed by atoms with Gasteiger partial charge in [0.25, 0.3) is 0 Å². The van der Waals surface area contributed by atoms with Crippen molar-refractivity contribution in [2.45, 2.75) is 32.0 Å². The van der Waals surface area contributed by atoms with Crippen LogP contribution in [0.4, 0.5) is 11.4 Å². The van der Waals surface area contributed by atoms with Crippen LogP contribution < -0.4 is 10.6 Å². The van der Waals surface area contributed by atoms with Crippen LogP contribution in [0.2, 0.25) is 5.02 Å². The lowest BCUT2D eigenvalue weighted by Crippen LogP contribution is -2.18. The number of nitrogens with zero attached hydrogens (tertiary/aromatic N) is 3. The molecule has 1 aromatic heterocycles. The predicted octanol–water partition coefficient (Wildman–Crippen LogP) is 4.65. The zero-order valence-corrected chi connectivity index (χ0v) is 19.5. The number of amides is 2. The number of carbonyl (C=O) groups excluding carboxylic acids is 2. The summed E-state index contributed by atoms with van der Waals surface area (Å²) < 4.78 is 1.78. The number of thioether (sulfide) groups is 1. The third-order valence-corrected chi connectivity index (χ3v) is 5.89. The summed E-state index contributed by atoms with van der Waals surface area (Å²) in [6.07, 6.45) is 1.74. The van der Waals surface area contributed by atoms with Crippen LogP contribution in [0.5, 0.6) is 0 Å². The molecule has 32 heavy (non-hydrogen) atoms. The van der Waals surface area contributed by atoms with Crippen molar-refractivity contribution in [3.63, 3.8) is 0 Å². The maximum atomic E-state index is 12.4. The highest BCUT2D eigenvalue weighted by Crippen LogP contribution is 2.20. The zero-order valence-electron chi connectivity index (χ0n) is 17.9. The number of rotatable bonds is 9. The van der Waals surface area contributed by atoms with E-state index in [1.165, 1.54) is 17.3 Å². The van der Waals surface area contributed by atoms with Crippen molar-refractivity contribution in [3.8, 4) is 0 Å². The standard InChI is InChI=1S/C23H24ClN5O2S/c1-4-11-29-20(13-21(30)25-18-9-6-17(24)7-10-18)27-28-23(29)32-14-22(31)26-19-8-5-15(2)16(3)12-19/h4-10,12H,1,11,13-14H2,2-3H3,(H,25,30)(H,26,31). The van der Waals surface area contributed by atoms with Gasteiger partial charge in [-0.3, -0.25) is 9.59 Å². The van der Waals surface area contributed by atoms with Crippen LogP contribution in [0.1, 0.15) is 17.0 Å². The summed E-state index contributed by atoms with van der Waals surface area (Å²) in [6.45, 7) is 8.22.